The molecular weight excluding hydrogens is 816 g/mol. The van der Waals surface area contributed by atoms with E-state index in [1.54, 1.807) is 28.4 Å². The van der Waals surface area contributed by atoms with E-state index in [9.17, 15) is 0 Å². The molecule has 0 bridgehead atoms. The lowest BCUT2D eigenvalue weighted by Gasteiger charge is -2.18. The molecule has 1 aliphatic heterocycles. The van der Waals surface area contributed by atoms with Crippen LogP contribution in [-0.2, 0) is 0 Å². The Balaban J connectivity index is 1.33. The fourth-order valence-electron chi connectivity index (χ4n) is 10.8. The second-order valence-electron chi connectivity index (χ2n) is 17.1. The summed E-state index contributed by atoms with van der Waals surface area (Å²) in [6.45, 7) is 1.84. The van der Waals surface area contributed by atoms with Gasteiger partial charge in [0, 0.05) is 66.4 Å². The summed E-state index contributed by atoms with van der Waals surface area (Å²) in [5.41, 5.74) is 1.43. The molecule has 0 radical (unpaired) electrons. The molecule has 0 aliphatic carbocycles. The lowest BCUT2D eigenvalue weighted by atomic mass is 9.90. The van der Waals surface area contributed by atoms with E-state index in [0.717, 1.165) is 128 Å². The van der Waals surface area contributed by atoms with Gasteiger partial charge in [0.25, 0.3) is 0 Å². The molecule has 1 fully saturated rings. The van der Waals surface area contributed by atoms with Crippen LogP contribution < -0.4 is 24.0 Å². The molecule has 318 valence electrons. The third-order valence-corrected chi connectivity index (χ3v) is 15.1. The first-order valence-corrected chi connectivity index (χ1v) is 23.2. The molecule has 2 heterocycles. The zero-order valence-corrected chi connectivity index (χ0v) is 37.4. The quantitative estimate of drug-likeness (QED) is 0.151. The number of rotatable bonds is 8. The molecular formula is C55H47N2O6P. The fraction of sp³-hybridized carbons (Fsp3) is 0.200. The Morgan fingerprint density at radius 2 is 0.938 bits per heavy atom. The van der Waals surface area contributed by atoms with E-state index in [2.05, 4.69) is 138 Å². The van der Waals surface area contributed by atoms with Crippen molar-refractivity contribution < 1.29 is 27.3 Å². The van der Waals surface area contributed by atoms with Crippen molar-refractivity contribution >= 4 is 116 Å². The third kappa shape index (κ3) is 5.83. The highest BCUT2D eigenvalue weighted by atomic mass is 31.1. The molecule has 1 N–H and O–H groups in total. The van der Waals surface area contributed by atoms with E-state index in [1.165, 1.54) is 12.8 Å². The van der Waals surface area contributed by atoms with Crippen LogP contribution in [0.2, 0.25) is 0 Å². The summed E-state index contributed by atoms with van der Waals surface area (Å²) in [6.07, 6.45) is 3.37. The fourth-order valence-corrected chi connectivity index (χ4v) is 12.0. The average molecular weight is 863 g/mol. The van der Waals surface area contributed by atoms with E-state index in [0.29, 0.717) is 28.7 Å². The van der Waals surface area contributed by atoms with Crippen LogP contribution in [0.25, 0.3) is 108 Å². The smallest absolute Gasteiger partial charge is 0.306 e. The maximum atomic E-state index is 7.48. The molecule has 0 saturated carbocycles. The number of benzene rings is 10. The van der Waals surface area contributed by atoms with E-state index in [-0.39, 0.29) is 0 Å². The second-order valence-corrected chi connectivity index (χ2v) is 18.3. The van der Waals surface area contributed by atoms with Gasteiger partial charge < -0.3 is 32.2 Å². The van der Waals surface area contributed by atoms with Crippen LogP contribution in [0.1, 0.15) is 19.3 Å². The first kappa shape index (κ1) is 38.9. The summed E-state index contributed by atoms with van der Waals surface area (Å²) < 4.78 is 40.1. The van der Waals surface area contributed by atoms with Crippen molar-refractivity contribution in [3.63, 3.8) is 0 Å². The zero-order chi connectivity index (χ0) is 43.2. The summed E-state index contributed by atoms with van der Waals surface area (Å²) in [5.74, 6) is 2.90. The summed E-state index contributed by atoms with van der Waals surface area (Å²) in [7, 11) is 7.39. The van der Waals surface area contributed by atoms with Crippen molar-refractivity contribution in [2.75, 3.05) is 53.7 Å². The molecule has 11 aromatic rings. The van der Waals surface area contributed by atoms with Gasteiger partial charge in [-0.1, -0.05) is 84.9 Å². The largest absolute Gasteiger partial charge is 0.496 e. The van der Waals surface area contributed by atoms with Crippen LogP contribution >= 0.6 is 8.16 Å². The normalized spacial score (nSPS) is 14.7. The van der Waals surface area contributed by atoms with Crippen molar-refractivity contribution in [1.82, 2.24) is 4.90 Å². The van der Waals surface area contributed by atoms with Crippen molar-refractivity contribution in [1.29, 1.82) is 0 Å². The summed E-state index contributed by atoms with van der Waals surface area (Å²) >= 11 is 0. The first-order valence-electron chi connectivity index (χ1n) is 22.0. The van der Waals surface area contributed by atoms with Gasteiger partial charge in [0.15, 0.2) is 11.2 Å². The van der Waals surface area contributed by atoms with Gasteiger partial charge in [-0.15, -0.1) is 0 Å². The van der Waals surface area contributed by atoms with Crippen LogP contribution in [0.15, 0.2) is 130 Å². The van der Waals surface area contributed by atoms with E-state index >= 15 is 0 Å². The topological polar surface area (TPSA) is 78.5 Å². The minimum absolute atomic E-state index is 0.497. The van der Waals surface area contributed by atoms with Crippen molar-refractivity contribution in [3.8, 4) is 23.0 Å². The predicted molar refractivity (Wildman–Crippen MR) is 267 cm³/mol. The maximum Gasteiger partial charge on any atom is 0.306 e. The third-order valence-electron chi connectivity index (χ3n) is 13.9. The Morgan fingerprint density at radius 3 is 1.41 bits per heavy atom. The highest BCUT2D eigenvalue weighted by Crippen LogP contribution is 2.52. The van der Waals surface area contributed by atoms with Gasteiger partial charge in [-0.05, 0) is 112 Å². The summed E-state index contributed by atoms with van der Waals surface area (Å²) in [6, 6.07) is 43.6. The summed E-state index contributed by atoms with van der Waals surface area (Å²) in [4.78, 5) is 2.47. The highest BCUT2D eigenvalue weighted by molar-refractivity contribution is 7.38. The van der Waals surface area contributed by atoms with Gasteiger partial charge in [-0.25, -0.2) is 5.09 Å². The number of nitrogens with zero attached hydrogens (tertiary/aromatic N) is 1. The molecule has 10 aromatic carbocycles. The molecule has 0 amide bonds. The van der Waals surface area contributed by atoms with Crippen molar-refractivity contribution in [2.24, 2.45) is 0 Å². The lowest BCUT2D eigenvalue weighted by molar-refractivity contribution is 0.301. The van der Waals surface area contributed by atoms with Crippen molar-refractivity contribution in [3.05, 3.63) is 121 Å². The van der Waals surface area contributed by atoms with Gasteiger partial charge in [0.05, 0.1) is 28.4 Å². The number of ether oxygens (including phenoxy) is 4. The van der Waals surface area contributed by atoms with E-state index < -0.39 is 8.16 Å². The summed E-state index contributed by atoms with van der Waals surface area (Å²) in [5, 5.41) is 22.3. The van der Waals surface area contributed by atoms with Crippen LogP contribution in [-0.4, -0.2) is 59.5 Å². The maximum absolute atomic E-state index is 7.48. The van der Waals surface area contributed by atoms with E-state index in [1.807, 2.05) is 0 Å². The van der Waals surface area contributed by atoms with Crippen molar-refractivity contribution in [2.45, 2.75) is 25.3 Å². The Kier molecular flexibility index (Phi) is 9.27. The van der Waals surface area contributed by atoms with E-state index in [4.69, 9.17) is 27.3 Å². The number of hydrogen-bond acceptors (Lipinski definition) is 8. The van der Waals surface area contributed by atoms with Gasteiger partial charge in [0.1, 0.15) is 23.0 Å². The molecule has 12 rings (SSSR count). The minimum atomic E-state index is -1.78. The Hall–Kier alpha value is -6.70. The molecule has 64 heavy (non-hydrogen) atoms. The van der Waals surface area contributed by atoms with Gasteiger partial charge in [-0.2, -0.15) is 0 Å². The lowest BCUT2D eigenvalue weighted by Crippen LogP contribution is -2.26. The number of hydrogen-bond donors (Lipinski definition) is 1. The van der Waals surface area contributed by atoms with Crippen LogP contribution in [0.3, 0.4) is 0 Å². The molecule has 1 atom stereocenters. The SMILES string of the molecule is COc1cc2c3cc(OC)c4cc(OC)c5ccc6ccc7ccccc7c6c5c4c3op(NCC[C@H]3CCCN3C)oc2c2c1cc(OC)c1ccc3ccc4ccccc4c3c12. The number of fused-ring (bicyclic) bond motifs is 19. The van der Waals surface area contributed by atoms with Crippen LogP contribution in [0.5, 0.6) is 23.0 Å². The zero-order valence-electron chi connectivity index (χ0n) is 36.5. The molecule has 1 aromatic heterocycles. The number of nitrogens with one attached hydrogen (secondary N) is 1. The average Bonchev–Trinajstić information content (AvgIpc) is 3.68. The first-order chi connectivity index (χ1) is 31.5. The second kappa shape index (κ2) is 15.2. The Bertz CT molecular complexity index is 3560. The molecule has 0 unspecified atom stereocenters. The number of likely N-dealkylation sites (tertiary alicyclic amines) is 1. The molecule has 8 nitrogen and oxygen atoms in total. The van der Waals surface area contributed by atoms with Crippen LogP contribution in [0.4, 0.5) is 0 Å². The molecule has 1 aliphatic rings. The van der Waals surface area contributed by atoms with Gasteiger partial charge >= 0.3 is 8.16 Å². The Morgan fingerprint density at radius 1 is 0.500 bits per heavy atom. The predicted octanol–water partition coefficient (Wildman–Crippen LogP) is 14.6. The molecule has 0 spiro atoms. The molecule has 1 saturated heterocycles. The monoisotopic (exact) mass is 862 g/mol. The standard InChI is InChI=1S/C55H47N2O6P/c1-57-26-10-13-35(57)24-25-56-64-62-54-40(27-46(60-4)42-29-44(58-2)38-22-20-33-18-16-31-11-6-8-14-36(31)48(33)50(38)52(42)54)41-28-47(61-5)43-30-45(59-3)39-23-21-34-19-17-32-12-7-9-15-37(32)49(34)51(39)53(43)55(41)63-64/h6-9,11-12,14-23,27-30,35,56H,10,13,24-26H2,1-5H3/t35-/m1/s1. The van der Waals surface area contributed by atoms with Crippen LogP contribution in [0, 0.1) is 0 Å². The van der Waals surface area contributed by atoms with Gasteiger partial charge in [0.2, 0.25) is 0 Å². The Labute approximate surface area is 370 Å². The van der Waals surface area contributed by atoms with Gasteiger partial charge in [-0.3, -0.25) is 0 Å². The minimum Gasteiger partial charge on any atom is -0.496 e. The molecule has 9 heteroatoms. The highest BCUT2D eigenvalue weighted by Gasteiger charge is 2.26. The number of methoxy groups -OCH3 is 4.